The number of rotatable bonds is 4. The standard InChI is InChI=1S/C23H21FN4O2/c1-27-21-10-17(4-5-19(21)20-6-8-25-13-22(20)27)28-9-7-18(11-23(28)29)30-14-16-3-2-15(24)12-26-16/h2-5,7,9-12,25H,6,8,13-14H2,1H3. The van der Waals surface area contributed by atoms with Crippen molar-refractivity contribution in [2.45, 2.75) is 19.6 Å². The maximum absolute atomic E-state index is 12.9. The van der Waals surface area contributed by atoms with Gasteiger partial charge in [-0.3, -0.25) is 14.3 Å². The number of hydrogen-bond acceptors (Lipinski definition) is 4. The average molecular weight is 404 g/mol. The minimum Gasteiger partial charge on any atom is -0.487 e. The minimum absolute atomic E-state index is 0.165. The predicted molar refractivity (Wildman–Crippen MR) is 112 cm³/mol. The highest BCUT2D eigenvalue weighted by Crippen LogP contribution is 2.29. The van der Waals surface area contributed by atoms with E-state index in [-0.39, 0.29) is 12.2 Å². The molecule has 0 saturated carbocycles. The first-order chi connectivity index (χ1) is 14.6. The van der Waals surface area contributed by atoms with Crippen LogP contribution >= 0.6 is 0 Å². The summed E-state index contributed by atoms with van der Waals surface area (Å²) in [6.45, 7) is 2.02. The van der Waals surface area contributed by atoms with Crippen molar-refractivity contribution in [3.8, 4) is 11.4 Å². The number of hydrogen-bond donors (Lipinski definition) is 1. The smallest absolute Gasteiger partial charge is 0.258 e. The van der Waals surface area contributed by atoms with E-state index in [9.17, 15) is 9.18 Å². The van der Waals surface area contributed by atoms with Crippen molar-refractivity contribution in [1.82, 2.24) is 19.4 Å². The summed E-state index contributed by atoms with van der Waals surface area (Å²) >= 11 is 0. The number of aryl methyl sites for hydroxylation is 1. The molecule has 0 fully saturated rings. The average Bonchev–Trinajstić information content (AvgIpc) is 3.05. The highest BCUT2D eigenvalue weighted by atomic mass is 19.1. The van der Waals surface area contributed by atoms with Crippen LogP contribution < -0.4 is 15.6 Å². The summed E-state index contributed by atoms with van der Waals surface area (Å²) in [4.78, 5) is 16.7. The topological polar surface area (TPSA) is 61.1 Å². The summed E-state index contributed by atoms with van der Waals surface area (Å²) < 4.78 is 22.4. The highest BCUT2D eigenvalue weighted by Gasteiger charge is 2.18. The second-order valence-electron chi connectivity index (χ2n) is 7.44. The van der Waals surface area contributed by atoms with E-state index in [4.69, 9.17) is 4.74 Å². The van der Waals surface area contributed by atoms with Gasteiger partial charge < -0.3 is 14.6 Å². The summed E-state index contributed by atoms with van der Waals surface area (Å²) in [5, 5.41) is 4.67. The summed E-state index contributed by atoms with van der Waals surface area (Å²) in [6, 6.07) is 12.2. The first-order valence-electron chi connectivity index (χ1n) is 9.87. The van der Waals surface area contributed by atoms with Crippen LogP contribution in [-0.2, 0) is 26.6 Å². The van der Waals surface area contributed by atoms with Gasteiger partial charge in [0.1, 0.15) is 18.2 Å². The number of pyridine rings is 2. The van der Waals surface area contributed by atoms with Gasteiger partial charge in [0.25, 0.3) is 5.56 Å². The monoisotopic (exact) mass is 404 g/mol. The Morgan fingerprint density at radius 2 is 2.10 bits per heavy atom. The molecule has 0 amide bonds. The molecule has 6 nitrogen and oxygen atoms in total. The maximum atomic E-state index is 12.9. The van der Waals surface area contributed by atoms with Gasteiger partial charge in [0, 0.05) is 36.9 Å². The molecule has 0 atom stereocenters. The van der Waals surface area contributed by atoms with Crippen LogP contribution in [0.3, 0.4) is 0 Å². The first-order valence-corrected chi connectivity index (χ1v) is 9.87. The third-order valence-corrected chi connectivity index (χ3v) is 5.61. The molecule has 1 aliphatic heterocycles. The quantitative estimate of drug-likeness (QED) is 0.568. The van der Waals surface area contributed by atoms with Crippen LogP contribution in [0.1, 0.15) is 17.0 Å². The Kier molecular flexibility index (Phi) is 4.59. The summed E-state index contributed by atoms with van der Waals surface area (Å²) in [6.07, 6.45) is 3.87. The van der Waals surface area contributed by atoms with Gasteiger partial charge in [-0.1, -0.05) is 6.07 Å². The number of aromatic nitrogens is 3. The van der Waals surface area contributed by atoms with Crippen LogP contribution in [0.25, 0.3) is 16.6 Å². The van der Waals surface area contributed by atoms with E-state index in [0.717, 1.165) is 36.9 Å². The van der Waals surface area contributed by atoms with Gasteiger partial charge in [-0.15, -0.1) is 0 Å². The van der Waals surface area contributed by atoms with E-state index in [2.05, 4.69) is 34.0 Å². The van der Waals surface area contributed by atoms with E-state index in [1.165, 1.54) is 28.8 Å². The molecule has 152 valence electrons. The van der Waals surface area contributed by atoms with Crippen molar-refractivity contribution in [3.63, 3.8) is 0 Å². The Hall–Kier alpha value is -3.45. The van der Waals surface area contributed by atoms with Crippen LogP contribution in [0.5, 0.6) is 5.75 Å². The molecule has 0 aliphatic carbocycles. The molecule has 0 bridgehead atoms. The molecule has 3 aromatic heterocycles. The molecule has 0 radical (unpaired) electrons. The number of nitrogens with zero attached hydrogens (tertiary/aromatic N) is 3. The van der Waals surface area contributed by atoms with E-state index < -0.39 is 5.82 Å². The summed E-state index contributed by atoms with van der Waals surface area (Å²) in [7, 11) is 2.07. The lowest BCUT2D eigenvalue weighted by Crippen LogP contribution is -2.24. The van der Waals surface area contributed by atoms with E-state index in [1.54, 1.807) is 22.9 Å². The van der Waals surface area contributed by atoms with Crippen LogP contribution in [0, 0.1) is 5.82 Å². The number of nitrogens with one attached hydrogen (secondary N) is 1. The maximum Gasteiger partial charge on any atom is 0.258 e. The van der Waals surface area contributed by atoms with Crippen molar-refractivity contribution in [2.75, 3.05) is 6.54 Å². The first kappa shape index (κ1) is 18.6. The van der Waals surface area contributed by atoms with Crippen LogP contribution in [0.4, 0.5) is 4.39 Å². The third kappa shape index (κ3) is 3.27. The Bertz CT molecular complexity index is 1290. The zero-order valence-corrected chi connectivity index (χ0v) is 16.6. The SMILES string of the molecule is Cn1c2c(c3ccc(-n4ccc(OCc5ccc(F)cn5)cc4=O)cc31)CCNC2. The lowest BCUT2D eigenvalue weighted by molar-refractivity contribution is 0.300. The van der Waals surface area contributed by atoms with Crippen LogP contribution in [0.2, 0.25) is 0 Å². The molecule has 5 rings (SSSR count). The lowest BCUT2D eigenvalue weighted by Gasteiger charge is -2.14. The fourth-order valence-corrected chi connectivity index (χ4v) is 4.04. The van der Waals surface area contributed by atoms with Gasteiger partial charge in [-0.25, -0.2) is 4.39 Å². The Balaban J connectivity index is 1.43. The van der Waals surface area contributed by atoms with Gasteiger partial charge in [0.2, 0.25) is 0 Å². The largest absolute Gasteiger partial charge is 0.487 e. The molecular weight excluding hydrogens is 383 g/mol. The van der Waals surface area contributed by atoms with Crippen LogP contribution in [-0.4, -0.2) is 20.7 Å². The zero-order valence-electron chi connectivity index (χ0n) is 16.6. The van der Waals surface area contributed by atoms with Gasteiger partial charge in [0.15, 0.2) is 0 Å². The Morgan fingerprint density at radius 3 is 2.90 bits per heavy atom. The van der Waals surface area contributed by atoms with E-state index in [1.807, 2.05) is 6.07 Å². The summed E-state index contributed by atoms with van der Waals surface area (Å²) in [5.41, 5.74) is 5.04. The van der Waals surface area contributed by atoms with Crippen molar-refractivity contribution in [2.24, 2.45) is 7.05 Å². The molecule has 0 saturated heterocycles. The van der Waals surface area contributed by atoms with Crippen LogP contribution in [0.15, 0.2) is 59.7 Å². The Labute approximate surface area is 172 Å². The highest BCUT2D eigenvalue weighted by molar-refractivity contribution is 5.87. The van der Waals surface area contributed by atoms with E-state index in [0.29, 0.717) is 11.4 Å². The van der Waals surface area contributed by atoms with E-state index >= 15 is 0 Å². The molecule has 1 aromatic carbocycles. The Morgan fingerprint density at radius 1 is 1.20 bits per heavy atom. The number of benzene rings is 1. The molecule has 1 N–H and O–H groups in total. The van der Waals surface area contributed by atoms with Gasteiger partial charge in [0.05, 0.1) is 23.1 Å². The molecular formula is C23H21FN4O2. The second kappa shape index (κ2) is 7.42. The molecule has 1 aliphatic rings. The zero-order chi connectivity index (χ0) is 20.7. The normalized spacial score (nSPS) is 13.4. The summed E-state index contributed by atoms with van der Waals surface area (Å²) in [5.74, 6) is 0.0533. The fourth-order valence-electron chi connectivity index (χ4n) is 4.04. The number of fused-ring (bicyclic) bond motifs is 3. The van der Waals surface area contributed by atoms with Gasteiger partial charge in [-0.2, -0.15) is 0 Å². The van der Waals surface area contributed by atoms with Crippen molar-refractivity contribution in [3.05, 3.63) is 88.0 Å². The van der Waals surface area contributed by atoms with Gasteiger partial charge in [-0.05, 0) is 48.9 Å². The third-order valence-electron chi connectivity index (χ3n) is 5.61. The second-order valence-corrected chi connectivity index (χ2v) is 7.44. The molecule has 30 heavy (non-hydrogen) atoms. The van der Waals surface area contributed by atoms with Crippen molar-refractivity contribution >= 4 is 10.9 Å². The number of ether oxygens (including phenoxy) is 1. The van der Waals surface area contributed by atoms with Crippen molar-refractivity contribution < 1.29 is 9.13 Å². The van der Waals surface area contributed by atoms with Crippen molar-refractivity contribution in [1.29, 1.82) is 0 Å². The number of halogens is 1. The predicted octanol–water partition coefficient (Wildman–Crippen LogP) is 3.09. The molecule has 4 aromatic rings. The molecule has 0 spiro atoms. The molecule has 4 heterocycles. The van der Waals surface area contributed by atoms with Gasteiger partial charge >= 0.3 is 0 Å². The lowest BCUT2D eigenvalue weighted by atomic mass is 10.0. The molecule has 7 heteroatoms. The molecule has 0 unspecified atom stereocenters. The fraction of sp³-hybridized carbons (Fsp3) is 0.217. The minimum atomic E-state index is -0.395.